The molecule has 1 aliphatic heterocycles. The maximum atomic E-state index is 5.85. The van der Waals surface area contributed by atoms with Crippen molar-refractivity contribution in [3.8, 4) is 28.4 Å². The highest BCUT2D eigenvalue weighted by Crippen LogP contribution is 2.48. The summed E-state index contributed by atoms with van der Waals surface area (Å²) in [6.07, 6.45) is 0. The lowest BCUT2D eigenvalue weighted by atomic mass is 9.97. The number of likely N-dealkylation sites (N-methyl/N-ethyl adjacent to an activating group) is 1. The number of benzene rings is 2. The van der Waals surface area contributed by atoms with E-state index < -0.39 is 0 Å². The van der Waals surface area contributed by atoms with E-state index in [-0.39, 0.29) is 0 Å². The molecule has 0 unspecified atom stereocenters. The van der Waals surface area contributed by atoms with Crippen LogP contribution in [0.3, 0.4) is 0 Å². The predicted octanol–water partition coefficient (Wildman–Crippen LogP) is 3.99. The minimum atomic E-state index is 0.674. The number of piperazine rings is 1. The Morgan fingerprint density at radius 3 is 2.07 bits per heavy atom. The lowest BCUT2D eigenvalue weighted by Crippen LogP contribution is -2.44. The second-order valence-corrected chi connectivity index (χ2v) is 7.63. The van der Waals surface area contributed by atoms with Crippen LogP contribution in [0.2, 0.25) is 0 Å². The SMILES string of the molecule is COc1c(C)c(OC)c2nc(N3CCN(C)CC3)cc(-c3ccccc3)c2c1OC. The number of fused-ring (bicyclic) bond motifs is 1. The smallest absolute Gasteiger partial charge is 0.171 e. The third-order valence-corrected chi connectivity index (χ3v) is 5.86. The summed E-state index contributed by atoms with van der Waals surface area (Å²) in [6.45, 7) is 5.90. The number of pyridine rings is 1. The van der Waals surface area contributed by atoms with Gasteiger partial charge in [0.15, 0.2) is 17.2 Å². The molecule has 0 N–H and O–H groups in total. The summed E-state index contributed by atoms with van der Waals surface area (Å²) in [5.74, 6) is 3.03. The van der Waals surface area contributed by atoms with Crippen molar-refractivity contribution in [1.82, 2.24) is 9.88 Å². The summed E-state index contributed by atoms with van der Waals surface area (Å²) in [5.41, 5.74) is 3.84. The Balaban J connectivity index is 2.06. The van der Waals surface area contributed by atoms with Gasteiger partial charge in [-0.25, -0.2) is 4.98 Å². The molecule has 0 bridgehead atoms. The zero-order valence-corrected chi connectivity index (χ0v) is 18.4. The number of aromatic nitrogens is 1. The van der Waals surface area contributed by atoms with Crippen LogP contribution in [0.5, 0.6) is 17.2 Å². The van der Waals surface area contributed by atoms with Crippen LogP contribution in [0.4, 0.5) is 5.82 Å². The van der Waals surface area contributed by atoms with E-state index >= 15 is 0 Å². The Morgan fingerprint density at radius 1 is 0.833 bits per heavy atom. The number of hydrogen-bond donors (Lipinski definition) is 0. The third kappa shape index (κ3) is 3.41. The van der Waals surface area contributed by atoms with E-state index in [2.05, 4.69) is 35.0 Å². The van der Waals surface area contributed by atoms with E-state index in [9.17, 15) is 0 Å². The van der Waals surface area contributed by atoms with E-state index in [1.54, 1.807) is 21.3 Å². The summed E-state index contributed by atoms with van der Waals surface area (Å²) < 4.78 is 17.4. The molecule has 3 aromatic rings. The van der Waals surface area contributed by atoms with Crippen LogP contribution in [-0.2, 0) is 0 Å². The van der Waals surface area contributed by atoms with Crippen LogP contribution in [0.25, 0.3) is 22.0 Å². The monoisotopic (exact) mass is 407 g/mol. The van der Waals surface area contributed by atoms with Crippen molar-refractivity contribution in [3.05, 3.63) is 42.0 Å². The van der Waals surface area contributed by atoms with Crippen LogP contribution in [-0.4, -0.2) is 64.4 Å². The van der Waals surface area contributed by atoms with Crippen LogP contribution >= 0.6 is 0 Å². The molecule has 30 heavy (non-hydrogen) atoms. The van der Waals surface area contributed by atoms with Gasteiger partial charge in [-0.2, -0.15) is 0 Å². The first-order valence-corrected chi connectivity index (χ1v) is 10.2. The van der Waals surface area contributed by atoms with Crippen molar-refractivity contribution in [1.29, 1.82) is 0 Å². The van der Waals surface area contributed by atoms with Gasteiger partial charge in [-0.3, -0.25) is 0 Å². The van der Waals surface area contributed by atoms with E-state index in [1.807, 2.05) is 25.1 Å². The second-order valence-electron chi connectivity index (χ2n) is 7.63. The van der Waals surface area contributed by atoms with Crippen LogP contribution in [0.1, 0.15) is 5.56 Å². The molecular formula is C24H29N3O3. The first-order chi connectivity index (χ1) is 14.6. The first-order valence-electron chi connectivity index (χ1n) is 10.2. The molecule has 0 spiro atoms. The average Bonchev–Trinajstić information content (AvgIpc) is 2.78. The molecule has 0 atom stereocenters. The Hall–Kier alpha value is -2.99. The van der Waals surface area contributed by atoms with E-state index in [1.165, 1.54) is 0 Å². The lowest BCUT2D eigenvalue weighted by Gasteiger charge is -2.33. The highest BCUT2D eigenvalue weighted by Gasteiger charge is 2.25. The molecule has 0 aliphatic carbocycles. The Bertz CT molecular complexity index is 1040. The van der Waals surface area contributed by atoms with Crippen LogP contribution < -0.4 is 19.1 Å². The highest BCUT2D eigenvalue weighted by molar-refractivity contribution is 6.05. The third-order valence-electron chi connectivity index (χ3n) is 5.86. The number of methoxy groups -OCH3 is 3. The molecule has 6 heteroatoms. The summed E-state index contributed by atoms with van der Waals surface area (Å²) >= 11 is 0. The molecule has 158 valence electrons. The molecule has 1 saturated heterocycles. The zero-order chi connectivity index (χ0) is 21.3. The van der Waals surface area contributed by atoms with Crippen molar-refractivity contribution < 1.29 is 14.2 Å². The van der Waals surface area contributed by atoms with Crippen LogP contribution in [0, 0.1) is 6.92 Å². The standard InChI is InChI=1S/C24H29N3O3/c1-16-22(28-3)21-20(24(30-5)23(16)29-4)18(17-9-7-6-8-10-17)15-19(25-21)27-13-11-26(2)12-14-27/h6-10,15H,11-14H2,1-5H3. The normalized spacial score (nSPS) is 14.8. The Morgan fingerprint density at radius 2 is 1.47 bits per heavy atom. The average molecular weight is 408 g/mol. The largest absolute Gasteiger partial charge is 0.494 e. The second kappa shape index (κ2) is 8.40. The summed E-state index contributed by atoms with van der Waals surface area (Å²) in [5, 5.41) is 0.904. The quantitative estimate of drug-likeness (QED) is 0.637. The van der Waals surface area contributed by atoms with Crippen molar-refractivity contribution in [2.75, 3.05) is 59.5 Å². The topological polar surface area (TPSA) is 47.1 Å². The zero-order valence-electron chi connectivity index (χ0n) is 18.4. The molecule has 0 saturated carbocycles. The predicted molar refractivity (Wildman–Crippen MR) is 121 cm³/mol. The fraction of sp³-hybridized carbons (Fsp3) is 0.375. The minimum Gasteiger partial charge on any atom is -0.494 e. The van der Waals surface area contributed by atoms with Gasteiger partial charge in [0.2, 0.25) is 0 Å². The van der Waals surface area contributed by atoms with Crippen molar-refractivity contribution in [3.63, 3.8) is 0 Å². The number of ether oxygens (including phenoxy) is 3. The van der Waals surface area contributed by atoms with Gasteiger partial charge in [-0.15, -0.1) is 0 Å². The molecule has 1 aromatic heterocycles. The summed E-state index contributed by atoms with van der Waals surface area (Å²) in [6, 6.07) is 12.5. The molecule has 6 nitrogen and oxygen atoms in total. The summed E-state index contributed by atoms with van der Waals surface area (Å²) in [4.78, 5) is 9.76. The molecule has 1 aliphatic rings. The minimum absolute atomic E-state index is 0.674. The van der Waals surface area contributed by atoms with Gasteiger partial charge in [0.05, 0.1) is 26.7 Å². The molecule has 2 aromatic carbocycles. The summed E-state index contributed by atoms with van der Waals surface area (Å²) in [7, 11) is 7.17. The molecule has 1 fully saturated rings. The van der Waals surface area contributed by atoms with Gasteiger partial charge >= 0.3 is 0 Å². The van der Waals surface area contributed by atoms with Gasteiger partial charge in [0.1, 0.15) is 11.3 Å². The molecule has 2 heterocycles. The lowest BCUT2D eigenvalue weighted by molar-refractivity contribution is 0.312. The van der Waals surface area contributed by atoms with E-state index in [4.69, 9.17) is 19.2 Å². The molecule has 0 radical (unpaired) electrons. The van der Waals surface area contributed by atoms with E-state index in [0.717, 1.165) is 65.3 Å². The number of anilines is 1. The number of nitrogens with zero attached hydrogens (tertiary/aromatic N) is 3. The number of rotatable bonds is 5. The van der Waals surface area contributed by atoms with Crippen molar-refractivity contribution in [2.45, 2.75) is 6.92 Å². The Kier molecular flexibility index (Phi) is 5.68. The molecular weight excluding hydrogens is 378 g/mol. The van der Waals surface area contributed by atoms with Gasteiger partial charge in [0, 0.05) is 31.7 Å². The van der Waals surface area contributed by atoms with Gasteiger partial charge in [0.25, 0.3) is 0 Å². The van der Waals surface area contributed by atoms with Gasteiger partial charge < -0.3 is 24.0 Å². The van der Waals surface area contributed by atoms with E-state index in [0.29, 0.717) is 11.5 Å². The van der Waals surface area contributed by atoms with Crippen molar-refractivity contribution >= 4 is 16.7 Å². The number of hydrogen-bond acceptors (Lipinski definition) is 6. The van der Waals surface area contributed by atoms with Crippen LogP contribution in [0.15, 0.2) is 36.4 Å². The molecule has 4 rings (SSSR count). The maximum absolute atomic E-state index is 5.85. The first kappa shape index (κ1) is 20.3. The fourth-order valence-corrected chi connectivity index (χ4v) is 4.22. The van der Waals surface area contributed by atoms with Gasteiger partial charge in [-0.05, 0) is 31.2 Å². The maximum Gasteiger partial charge on any atom is 0.171 e. The Labute approximate surface area is 178 Å². The van der Waals surface area contributed by atoms with Crippen molar-refractivity contribution in [2.24, 2.45) is 0 Å². The molecule has 0 amide bonds. The van der Waals surface area contributed by atoms with Gasteiger partial charge in [-0.1, -0.05) is 30.3 Å². The fourth-order valence-electron chi connectivity index (χ4n) is 4.22. The highest BCUT2D eigenvalue weighted by atomic mass is 16.5.